The lowest BCUT2D eigenvalue weighted by atomic mass is 9.50. The van der Waals surface area contributed by atoms with E-state index >= 15 is 0 Å². The summed E-state index contributed by atoms with van der Waals surface area (Å²) in [5.41, 5.74) is 1.89. The van der Waals surface area contributed by atoms with Gasteiger partial charge in [-0.1, -0.05) is 31.5 Å². The van der Waals surface area contributed by atoms with Crippen molar-refractivity contribution in [1.29, 1.82) is 5.26 Å². The van der Waals surface area contributed by atoms with Crippen LogP contribution >= 0.6 is 11.6 Å². The van der Waals surface area contributed by atoms with Crippen molar-refractivity contribution >= 4 is 28.4 Å². The maximum absolute atomic E-state index is 13.4. The minimum Gasteiger partial charge on any atom is -0.337 e. The van der Waals surface area contributed by atoms with E-state index in [2.05, 4.69) is 24.8 Å². The van der Waals surface area contributed by atoms with E-state index in [0.29, 0.717) is 11.4 Å². The average Bonchev–Trinajstić information content (AvgIpc) is 2.98. The highest BCUT2D eigenvalue weighted by Crippen LogP contribution is 2.61. The van der Waals surface area contributed by atoms with E-state index in [4.69, 9.17) is 16.7 Å². The van der Waals surface area contributed by atoms with E-state index in [-0.39, 0.29) is 34.7 Å². The number of amides is 1. The molecule has 0 radical (unpaired) electrons. The molecule has 29 heavy (non-hydrogen) atoms. The Morgan fingerprint density at radius 1 is 1.34 bits per heavy atom. The first-order chi connectivity index (χ1) is 13.7. The number of carbonyl (C=O) groups is 1. The minimum absolute atomic E-state index is 0.0104. The summed E-state index contributed by atoms with van der Waals surface area (Å²) in [5.74, 6) is 0.192. The van der Waals surface area contributed by atoms with Crippen LogP contribution in [0.25, 0.3) is 10.9 Å². The predicted molar refractivity (Wildman–Crippen MR) is 112 cm³/mol. The number of hydrogen-bond donors (Lipinski definition) is 0. The molecule has 5 nitrogen and oxygen atoms in total. The molecule has 2 saturated heterocycles. The van der Waals surface area contributed by atoms with Gasteiger partial charge in [0.05, 0.1) is 27.7 Å². The van der Waals surface area contributed by atoms with Crippen LogP contribution in [-0.4, -0.2) is 32.7 Å². The average molecular weight is 411 g/mol. The van der Waals surface area contributed by atoms with Crippen molar-refractivity contribution in [2.45, 2.75) is 70.4 Å². The van der Waals surface area contributed by atoms with Gasteiger partial charge in [0, 0.05) is 36.9 Å². The highest BCUT2D eigenvalue weighted by Gasteiger charge is 2.60. The summed E-state index contributed by atoms with van der Waals surface area (Å²) in [5, 5.41) is 16.1. The molecule has 0 spiro atoms. The fourth-order valence-corrected chi connectivity index (χ4v) is 7.06. The van der Waals surface area contributed by atoms with Crippen LogP contribution in [0.2, 0.25) is 5.02 Å². The summed E-state index contributed by atoms with van der Waals surface area (Å²) in [7, 11) is 1.92. The van der Waals surface area contributed by atoms with Gasteiger partial charge in [-0.05, 0) is 49.7 Å². The molecule has 3 heterocycles. The number of nitrogens with zero attached hydrogens (tertiary/aromatic N) is 4. The zero-order valence-corrected chi connectivity index (χ0v) is 18.0. The summed E-state index contributed by atoms with van der Waals surface area (Å²) in [6.45, 7) is 4.38. The SMILES string of the molecule is CC(CC(=O)N1C2CC3(C)CC1CC(C#N)(C2)C3)c1nn(C)c2cccc(Cl)c12. The van der Waals surface area contributed by atoms with E-state index in [9.17, 15) is 10.1 Å². The third-order valence-corrected chi connectivity index (χ3v) is 7.90. The number of hydrogen-bond acceptors (Lipinski definition) is 3. The third kappa shape index (κ3) is 2.79. The van der Waals surface area contributed by atoms with E-state index in [0.717, 1.165) is 48.7 Å². The maximum atomic E-state index is 13.4. The molecule has 2 saturated carbocycles. The van der Waals surface area contributed by atoms with E-state index < -0.39 is 0 Å². The Labute approximate surface area is 176 Å². The van der Waals surface area contributed by atoms with E-state index in [1.807, 2.05) is 29.9 Å². The van der Waals surface area contributed by atoms with Gasteiger partial charge in [-0.15, -0.1) is 0 Å². The van der Waals surface area contributed by atoms with Crippen LogP contribution in [0.3, 0.4) is 0 Å². The van der Waals surface area contributed by atoms with Crippen molar-refractivity contribution in [2.75, 3.05) is 0 Å². The van der Waals surface area contributed by atoms with Gasteiger partial charge < -0.3 is 4.90 Å². The summed E-state index contributed by atoms with van der Waals surface area (Å²) in [6.07, 6.45) is 5.18. The molecule has 1 aromatic heterocycles. The van der Waals surface area contributed by atoms with Gasteiger partial charge in [-0.25, -0.2) is 0 Å². The van der Waals surface area contributed by atoms with E-state index in [1.54, 1.807) is 0 Å². The van der Waals surface area contributed by atoms with E-state index in [1.165, 1.54) is 0 Å². The Kier molecular flexibility index (Phi) is 4.06. The van der Waals surface area contributed by atoms with Crippen molar-refractivity contribution in [1.82, 2.24) is 14.7 Å². The summed E-state index contributed by atoms with van der Waals surface area (Å²) < 4.78 is 1.85. The topological polar surface area (TPSA) is 61.9 Å². The Balaban J connectivity index is 1.40. The zero-order chi connectivity index (χ0) is 20.6. The van der Waals surface area contributed by atoms with Crippen LogP contribution in [-0.2, 0) is 11.8 Å². The van der Waals surface area contributed by atoms with Crippen molar-refractivity contribution in [3.63, 3.8) is 0 Å². The lowest BCUT2D eigenvalue weighted by Crippen LogP contribution is -2.65. The normalized spacial score (nSPS) is 33.8. The van der Waals surface area contributed by atoms with Gasteiger partial charge in [0.25, 0.3) is 0 Å². The fraction of sp³-hybridized carbons (Fsp3) is 0.609. The molecule has 4 aliphatic rings. The number of halogens is 1. The van der Waals surface area contributed by atoms with Crippen LogP contribution in [0.1, 0.15) is 64.0 Å². The monoisotopic (exact) mass is 410 g/mol. The van der Waals surface area contributed by atoms with Crippen molar-refractivity contribution in [2.24, 2.45) is 17.9 Å². The number of nitriles is 1. The molecule has 6 heteroatoms. The Hall–Kier alpha value is -2.06. The maximum Gasteiger partial charge on any atom is 0.223 e. The number of aromatic nitrogens is 2. The highest BCUT2D eigenvalue weighted by atomic mass is 35.5. The first-order valence-corrected chi connectivity index (χ1v) is 11.0. The molecule has 0 N–H and O–H groups in total. The van der Waals surface area contributed by atoms with Gasteiger partial charge in [-0.3, -0.25) is 9.48 Å². The number of benzene rings is 1. The number of rotatable bonds is 3. The molecule has 1 amide bonds. The molecule has 2 aromatic rings. The molecular formula is C23H27ClN4O. The summed E-state index contributed by atoms with van der Waals surface area (Å²) >= 11 is 6.47. The Morgan fingerprint density at radius 2 is 2.03 bits per heavy atom. The zero-order valence-electron chi connectivity index (χ0n) is 17.3. The molecule has 4 fully saturated rings. The largest absolute Gasteiger partial charge is 0.337 e. The molecule has 6 rings (SSSR count). The number of aryl methyl sites for hydroxylation is 1. The van der Waals surface area contributed by atoms with Crippen LogP contribution in [0.5, 0.6) is 0 Å². The highest BCUT2D eigenvalue weighted by molar-refractivity contribution is 6.35. The second kappa shape index (κ2) is 6.22. The quantitative estimate of drug-likeness (QED) is 0.730. The lowest BCUT2D eigenvalue weighted by molar-refractivity contribution is -0.163. The summed E-state index contributed by atoms with van der Waals surface area (Å²) in [6, 6.07) is 8.87. The van der Waals surface area contributed by atoms with Gasteiger partial charge in [0.2, 0.25) is 5.91 Å². The van der Waals surface area contributed by atoms with Gasteiger partial charge in [-0.2, -0.15) is 10.4 Å². The molecule has 4 bridgehead atoms. The lowest BCUT2D eigenvalue weighted by Gasteiger charge is -2.63. The van der Waals surface area contributed by atoms with Crippen molar-refractivity contribution < 1.29 is 4.79 Å². The molecule has 3 atom stereocenters. The van der Waals surface area contributed by atoms with Gasteiger partial charge >= 0.3 is 0 Å². The molecule has 3 unspecified atom stereocenters. The number of piperidine rings is 2. The van der Waals surface area contributed by atoms with Gasteiger partial charge in [0.15, 0.2) is 0 Å². The first-order valence-electron chi connectivity index (χ1n) is 10.6. The molecule has 1 aromatic carbocycles. The van der Waals surface area contributed by atoms with Crippen LogP contribution in [0.4, 0.5) is 0 Å². The third-order valence-electron chi connectivity index (χ3n) is 7.59. The smallest absolute Gasteiger partial charge is 0.223 e. The molecular weight excluding hydrogens is 384 g/mol. The standard InChI is InChI=1S/C23H27ClN4O/c1-14(21-20-17(24)5-4-6-18(20)27(3)26-21)7-19(29)28-15-8-22(2)9-16(28)11-23(10-15,12-22)13-25/h4-6,14-16H,7-12H2,1-3H3. The molecule has 152 valence electrons. The van der Waals surface area contributed by atoms with Crippen molar-refractivity contribution in [3.05, 3.63) is 28.9 Å². The van der Waals surface area contributed by atoms with Gasteiger partial charge in [0.1, 0.15) is 0 Å². The number of fused-ring (bicyclic) bond motifs is 1. The second-order valence-electron chi connectivity index (χ2n) is 10.1. The summed E-state index contributed by atoms with van der Waals surface area (Å²) in [4.78, 5) is 15.6. The van der Waals surface area contributed by atoms with Crippen LogP contribution in [0.15, 0.2) is 18.2 Å². The number of carbonyl (C=O) groups excluding carboxylic acids is 1. The molecule has 2 aliphatic heterocycles. The predicted octanol–water partition coefficient (Wildman–Crippen LogP) is 4.79. The molecule has 2 aliphatic carbocycles. The minimum atomic E-state index is -0.215. The fourth-order valence-electron chi connectivity index (χ4n) is 6.80. The second-order valence-corrected chi connectivity index (χ2v) is 10.5. The van der Waals surface area contributed by atoms with Crippen LogP contribution in [0, 0.1) is 22.2 Å². The van der Waals surface area contributed by atoms with Crippen molar-refractivity contribution in [3.8, 4) is 6.07 Å². The first kappa shape index (κ1) is 18.9. The van der Waals surface area contributed by atoms with Crippen LogP contribution < -0.4 is 0 Å². The Morgan fingerprint density at radius 3 is 2.69 bits per heavy atom. The Bertz CT molecular complexity index is 1040.